The molecule has 0 aliphatic rings. The van der Waals surface area contributed by atoms with Gasteiger partial charge < -0.3 is 14.1 Å². The van der Waals surface area contributed by atoms with Gasteiger partial charge >= 0.3 is 5.97 Å². The molecule has 0 spiro atoms. The van der Waals surface area contributed by atoms with Crippen molar-refractivity contribution in [2.45, 2.75) is 6.92 Å². The van der Waals surface area contributed by atoms with Crippen LogP contribution in [0.3, 0.4) is 0 Å². The molecule has 0 saturated carbocycles. The molecule has 0 radical (unpaired) electrons. The van der Waals surface area contributed by atoms with E-state index in [4.69, 9.17) is 4.42 Å². The Morgan fingerprint density at radius 3 is 2.62 bits per heavy atom. The average molecular weight is 285 g/mol. The highest BCUT2D eigenvalue weighted by Gasteiger charge is 2.21. The first-order valence-electron chi connectivity index (χ1n) is 6.34. The number of halogens is 1. The smallest absolute Gasteiger partial charge is 0.337 e. The highest BCUT2D eigenvalue weighted by molar-refractivity contribution is 5.91. The summed E-state index contributed by atoms with van der Waals surface area (Å²) in [5.41, 5.74) is 1.34. The molecule has 0 aliphatic carbocycles. The van der Waals surface area contributed by atoms with Crippen molar-refractivity contribution in [1.29, 1.82) is 0 Å². The van der Waals surface area contributed by atoms with E-state index in [1.165, 1.54) is 18.4 Å². The third kappa shape index (κ3) is 2.12. The summed E-state index contributed by atoms with van der Waals surface area (Å²) < 4.78 is 21.0. The predicted molar refractivity (Wildman–Crippen MR) is 75.1 cm³/mol. The molecule has 3 aromatic rings. The molecule has 0 amide bonds. The summed E-state index contributed by atoms with van der Waals surface area (Å²) in [7, 11) is 0. The number of aromatic carboxylic acids is 1. The fourth-order valence-electron chi connectivity index (χ4n) is 2.37. The second-order valence-corrected chi connectivity index (χ2v) is 4.60. The average Bonchev–Trinajstić information content (AvgIpc) is 3.07. The number of para-hydroxylation sites is 1. The summed E-state index contributed by atoms with van der Waals surface area (Å²) in [6.45, 7) is 1.64. The number of benzene rings is 1. The lowest BCUT2D eigenvalue weighted by atomic mass is 10.2. The van der Waals surface area contributed by atoms with Crippen LogP contribution >= 0.6 is 0 Å². The van der Waals surface area contributed by atoms with Crippen LogP contribution in [0.1, 0.15) is 16.1 Å². The van der Waals surface area contributed by atoms with Gasteiger partial charge in [-0.05, 0) is 37.3 Å². The van der Waals surface area contributed by atoms with Crippen molar-refractivity contribution in [1.82, 2.24) is 4.57 Å². The van der Waals surface area contributed by atoms with Crippen LogP contribution in [-0.4, -0.2) is 15.6 Å². The molecule has 0 bridgehead atoms. The normalized spacial score (nSPS) is 10.8. The van der Waals surface area contributed by atoms with Crippen molar-refractivity contribution < 1.29 is 18.7 Å². The van der Waals surface area contributed by atoms with Crippen molar-refractivity contribution in [3.63, 3.8) is 0 Å². The van der Waals surface area contributed by atoms with Crippen molar-refractivity contribution in [3.05, 3.63) is 65.8 Å². The van der Waals surface area contributed by atoms with E-state index in [1.807, 2.05) is 0 Å². The molecule has 0 atom stereocenters. The monoisotopic (exact) mass is 285 g/mol. The molecule has 0 saturated heterocycles. The number of nitrogens with zero attached hydrogens (tertiary/aromatic N) is 1. The molecule has 1 aromatic carbocycles. The number of carbonyl (C=O) groups is 1. The molecule has 106 valence electrons. The molecule has 0 fully saturated rings. The van der Waals surface area contributed by atoms with Gasteiger partial charge in [0.25, 0.3) is 0 Å². The lowest BCUT2D eigenvalue weighted by Crippen LogP contribution is -2.04. The van der Waals surface area contributed by atoms with Gasteiger partial charge in [0.2, 0.25) is 0 Å². The molecule has 5 heteroatoms. The number of carboxylic acid groups (broad SMARTS) is 1. The molecule has 3 rings (SSSR count). The van der Waals surface area contributed by atoms with Crippen molar-refractivity contribution >= 4 is 5.97 Å². The summed E-state index contributed by atoms with van der Waals surface area (Å²) in [6.07, 6.45) is 1.49. The SMILES string of the molecule is Cc1c(C(=O)O)cc(-c2ccco2)n1-c1ccccc1F. The topological polar surface area (TPSA) is 55.4 Å². The molecular weight excluding hydrogens is 273 g/mol. The van der Waals surface area contributed by atoms with Crippen molar-refractivity contribution in [2.75, 3.05) is 0 Å². The zero-order valence-electron chi connectivity index (χ0n) is 11.2. The largest absolute Gasteiger partial charge is 0.478 e. The third-order valence-corrected chi connectivity index (χ3v) is 3.34. The van der Waals surface area contributed by atoms with Gasteiger partial charge in [-0.25, -0.2) is 9.18 Å². The second-order valence-electron chi connectivity index (χ2n) is 4.60. The number of hydrogen-bond donors (Lipinski definition) is 1. The Morgan fingerprint density at radius 1 is 1.24 bits per heavy atom. The molecule has 0 aliphatic heterocycles. The van der Waals surface area contributed by atoms with Crippen LogP contribution < -0.4 is 0 Å². The van der Waals surface area contributed by atoms with Gasteiger partial charge in [0, 0.05) is 5.69 Å². The zero-order chi connectivity index (χ0) is 15.0. The van der Waals surface area contributed by atoms with Crippen LogP contribution in [0.25, 0.3) is 17.1 Å². The number of carboxylic acids is 1. The highest BCUT2D eigenvalue weighted by atomic mass is 19.1. The molecule has 2 aromatic heterocycles. The number of aromatic nitrogens is 1. The summed E-state index contributed by atoms with van der Waals surface area (Å²) >= 11 is 0. The van der Waals surface area contributed by atoms with E-state index in [9.17, 15) is 14.3 Å². The summed E-state index contributed by atoms with van der Waals surface area (Å²) in [6, 6.07) is 11.1. The Kier molecular flexibility index (Phi) is 3.10. The Bertz CT molecular complexity index is 803. The first-order chi connectivity index (χ1) is 10.1. The number of hydrogen-bond acceptors (Lipinski definition) is 2. The van der Waals surface area contributed by atoms with Crippen LogP contribution in [0.2, 0.25) is 0 Å². The first-order valence-corrected chi connectivity index (χ1v) is 6.34. The summed E-state index contributed by atoms with van der Waals surface area (Å²) in [5, 5.41) is 9.28. The lowest BCUT2D eigenvalue weighted by Gasteiger charge is -2.11. The summed E-state index contributed by atoms with van der Waals surface area (Å²) in [4.78, 5) is 11.3. The third-order valence-electron chi connectivity index (χ3n) is 3.34. The van der Waals surface area contributed by atoms with E-state index in [-0.39, 0.29) is 11.3 Å². The fraction of sp³-hybridized carbons (Fsp3) is 0.0625. The minimum atomic E-state index is -1.06. The Morgan fingerprint density at radius 2 is 2.00 bits per heavy atom. The van der Waals surface area contributed by atoms with E-state index >= 15 is 0 Å². The lowest BCUT2D eigenvalue weighted by molar-refractivity contribution is 0.0696. The molecular formula is C16H12FNO3. The van der Waals surface area contributed by atoms with E-state index in [2.05, 4.69) is 0 Å². The quantitative estimate of drug-likeness (QED) is 0.794. The van der Waals surface area contributed by atoms with Crippen LogP contribution in [0.15, 0.2) is 53.1 Å². The van der Waals surface area contributed by atoms with Crippen molar-refractivity contribution in [2.24, 2.45) is 0 Å². The van der Waals surface area contributed by atoms with Crippen LogP contribution in [0.5, 0.6) is 0 Å². The highest BCUT2D eigenvalue weighted by Crippen LogP contribution is 2.30. The zero-order valence-corrected chi connectivity index (χ0v) is 11.2. The minimum Gasteiger partial charge on any atom is -0.478 e. The van der Waals surface area contributed by atoms with Crippen LogP contribution in [0, 0.1) is 12.7 Å². The number of rotatable bonds is 3. The van der Waals surface area contributed by atoms with Gasteiger partial charge in [0.15, 0.2) is 5.76 Å². The minimum absolute atomic E-state index is 0.115. The Hall–Kier alpha value is -2.82. The van der Waals surface area contributed by atoms with Gasteiger partial charge in [-0.15, -0.1) is 0 Å². The van der Waals surface area contributed by atoms with E-state index in [0.29, 0.717) is 17.1 Å². The maximum absolute atomic E-state index is 14.1. The maximum atomic E-state index is 14.1. The summed E-state index contributed by atoms with van der Waals surface area (Å²) in [5.74, 6) is -1.01. The van der Waals surface area contributed by atoms with Gasteiger partial charge in [-0.3, -0.25) is 0 Å². The molecule has 4 nitrogen and oxygen atoms in total. The maximum Gasteiger partial charge on any atom is 0.337 e. The van der Waals surface area contributed by atoms with E-state index in [1.54, 1.807) is 41.8 Å². The van der Waals surface area contributed by atoms with E-state index < -0.39 is 11.8 Å². The molecule has 0 unspecified atom stereocenters. The Labute approximate surface area is 120 Å². The van der Waals surface area contributed by atoms with Gasteiger partial charge in [-0.2, -0.15) is 0 Å². The van der Waals surface area contributed by atoms with Gasteiger partial charge in [-0.1, -0.05) is 12.1 Å². The molecule has 2 heterocycles. The van der Waals surface area contributed by atoms with Gasteiger partial charge in [0.05, 0.1) is 23.2 Å². The molecule has 1 N–H and O–H groups in total. The fourth-order valence-corrected chi connectivity index (χ4v) is 2.37. The van der Waals surface area contributed by atoms with Crippen LogP contribution in [0.4, 0.5) is 4.39 Å². The number of furan rings is 1. The van der Waals surface area contributed by atoms with Gasteiger partial charge in [0.1, 0.15) is 5.82 Å². The predicted octanol–water partition coefficient (Wildman–Crippen LogP) is 3.88. The second kappa shape index (κ2) is 4.94. The Balaban J connectivity index is 2.33. The standard InChI is InChI=1S/C16H12FNO3/c1-10-11(16(19)20)9-14(15-7-4-8-21-15)18(10)13-6-3-2-5-12(13)17/h2-9H,1H3,(H,19,20). The van der Waals surface area contributed by atoms with E-state index in [0.717, 1.165) is 0 Å². The van der Waals surface area contributed by atoms with Crippen LogP contribution in [-0.2, 0) is 0 Å². The van der Waals surface area contributed by atoms with Crippen molar-refractivity contribution in [3.8, 4) is 17.1 Å². The first kappa shape index (κ1) is 13.2. The molecule has 21 heavy (non-hydrogen) atoms.